The molecule has 0 atom stereocenters. The molecule has 1 aliphatic rings. The van der Waals surface area contributed by atoms with Crippen molar-refractivity contribution in [3.05, 3.63) is 76.8 Å². The highest BCUT2D eigenvalue weighted by molar-refractivity contribution is 7.14. The van der Waals surface area contributed by atoms with E-state index in [0.717, 1.165) is 6.42 Å². The molecule has 7 heteroatoms. The first-order valence-electron chi connectivity index (χ1n) is 9.25. The molecule has 1 fully saturated rings. The minimum absolute atomic E-state index is 0.0171. The smallest absolute Gasteiger partial charge is 0.317 e. The molecule has 29 heavy (non-hydrogen) atoms. The largest absolute Gasteiger partial charge is 0.426 e. The predicted molar refractivity (Wildman–Crippen MR) is 109 cm³/mol. The Hall–Kier alpha value is -3.32. The summed E-state index contributed by atoms with van der Waals surface area (Å²) in [4.78, 5) is 42.4. The molecule has 2 aromatic carbocycles. The third-order valence-electron chi connectivity index (χ3n) is 4.55. The van der Waals surface area contributed by atoms with Gasteiger partial charge in [0.15, 0.2) is 10.9 Å². The average Bonchev–Trinajstić information content (AvgIpc) is 3.37. The number of carbonyl (C=O) groups excluding carboxylic acids is 3. The summed E-state index contributed by atoms with van der Waals surface area (Å²) in [7, 11) is 0. The summed E-state index contributed by atoms with van der Waals surface area (Å²) in [6.45, 7) is 0.671. The van der Waals surface area contributed by atoms with Crippen LogP contribution in [0.3, 0.4) is 0 Å². The van der Waals surface area contributed by atoms with Crippen molar-refractivity contribution >= 4 is 34.1 Å². The van der Waals surface area contributed by atoms with E-state index >= 15 is 0 Å². The summed E-state index contributed by atoms with van der Waals surface area (Å²) in [5, 5.41) is 2.39. The zero-order chi connectivity index (χ0) is 20.2. The molecule has 1 aliphatic heterocycles. The van der Waals surface area contributed by atoms with Gasteiger partial charge in [0.05, 0.1) is 12.1 Å². The van der Waals surface area contributed by atoms with Crippen LogP contribution in [0.15, 0.2) is 60.0 Å². The van der Waals surface area contributed by atoms with Gasteiger partial charge in [0, 0.05) is 29.5 Å². The maximum atomic E-state index is 12.4. The molecular weight excluding hydrogens is 388 g/mol. The Balaban J connectivity index is 1.36. The summed E-state index contributed by atoms with van der Waals surface area (Å²) in [6, 6.07) is 15.5. The number of anilines is 1. The summed E-state index contributed by atoms with van der Waals surface area (Å²) in [6.07, 6.45) is 1.39. The Morgan fingerprint density at radius 1 is 1.03 bits per heavy atom. The lowest BCUT2D eigenvalue weighted by Crippen LogP contribution is -2.23. The van der Waals surface area contributed by atoms with Crippen LogP contribution in [-0.4, -0.2) is 29.2 Å². The van der Waals surface area contributed by atoms with E-state index in [4.69, 9.17) is 4.74 Å². The molecule has 0 spiro atoms. The summed E-state index contributed by atoms with van der Waals surface area (Å²) in [5.74, 6) is -0.102. The van der Waals surface area contributed by atoms with Gasteiger partial charge in [0.2, 0.25) is 5.91 Å². The normalized spacial score (nSPS) is 13.5. The molecule has 1 amide bonds. The topological polar surface area (TPSA) is 76.6 Å². The van der Waals surface area contributed by atoms with Crippen LogP contribution in [0.2, 0.25) is 0 Å². The maximum absolute atomic E-state index is 12.4. The molecular formula is C22H18N2O4S. The zero-order valence-corrected chi connectivity index (χ0v) is 16.4. The van der Waals surface area contributed by atoms with Gasteiger partial charge in [-0.2, -0.15) is 0 Å². The molecule has 1 aromatic heterocycles. The van der Waals surface area contributed by atoms with Gasteiger partial charge >= 0.3 is 5.97 Å². The second-order valence-electron chi connectivity index (χ2n) is 6.64. The van der Waals surface area contributed by atoms with Crippen LogP contribution in [0.4, 0.5) is 5.13 Å². The number of carbonyl (C=O) groups is 3. The van der Waals surface area contributed by atoms with E-state index in [1.54, 1.807) is 46.7 Å². The lowest BCUT2D eigenvalue weighted by atomic mass is 10.0. The molecule has 0 unspecified atom stereocenters. The van der Waals surface area contributed by atoms with E-state index in [-0.39, 0.29) is 18.1 Å². The fraction of sp³-hybridized carbons (Fsp3) is 0.182. The van der Waals surface area contributed by atoms with E-state index in [1.807, 2.05) is 18.2 Å². The molecule has 2 heterocycles. The Morgan fingerprint density at radius 3 is 2.45 bits per heavy atom. The molecule has 0 bridgehead atoms. The average molecular weight is 406 g/mol. The van der Waals surface area contributed by atoms with Crippen molar-refractivity contribution in [1.29, 1.82) is 0 Å². The summed E-state index contributed by atoms with van der Waals surface area (Å²) in [5.41, 5.74) is 1.70. The third-order valence-corrected chi connectivity index (χ3v) is 5.47. The van der Waals surface area contributed by atoms with Crippen LogP contribution in [0.1, 0.15) is 34.5 Å². The lowest BCUT2D eigenvalue weighted by Gasteiger charge is -2.10. The predicted octanol–water partition coefficient (Wildman–Crippen LogP) is 3.65. The second-order valence-corrected chi connectivity index (χ2v) is 7.48. The van der Waals surface area contributed by atoms with Crippen LogP contribution >= 0.6 is 11.3 Å². The molecule has 4 rings (SSSR count). The van der Waals surface area contributed by atoms with Crippen LogP contribution in [-0.2, 0) is 16.0 Å². The number of benzene rings is 2. The number of hydrogen-bond donors (Lipinski definition) is 0. The first kappa shape index (κ1) is 19.0. The highest BCUT2D eigenvalue weighted by Crippen LogP contribution is 2.25. The van der Waals surface area contributed by atoms with Gasteiger partial charge in [-0.25, -0.2) is 4.98 Å². The van der Waals surface area contributed by atoms with E-state index in [9.17, 15) is 14.4 Å². The number of amides is 1. The minimum Gasteiger partial charge on any atom is -0.426 e. The van der Waals surface area contributed by atoms with E-state index in [0.29, 0.717) is 40.7 Å². The van der Waals surface area contributed by atoms with Crippen molar-refractivity contribution in [2.24, 2.45) is 0 Å². The standard InChI is InChI=1S/C22H18N2O4S/c25-19-7-4-12-24(19)22-23-17(14-29-22)13-20(26)28-18-10-8-16(9-11-18)21(27)15-5-2-1-3-6-15/h1-3,5-6,8-11,14H,4,7,12-13H2. The molecule has 0 saturated carbocycles. The van der Waals surface area contributed by atoms with Gasteiger partial charge in [0.1, 0.15) is 5.75 Å². The quantitative estimate of drug-likeness (QED) is 0.355. The molecule has 146 valence electrons. The Labute approximate surface area is 171 Å². The zero-order valence-electron chi connectivity index (χ0n) is 15.5. The van der Waals surface area contributed by atoms with Crippen LogP contribution < -0.4 is 9.64 Å². The third kappa shape index (κ3) is 4.41. The number of hydrogen-bond acceptors (Lipinski definition) is 6. The number of rotatable bonds is 6. The molecule has 0 aliphatic carbocycles. The van der Waals surface area contributed by atoms with Crippen molar-refractivity contribution in [2.75, 3.05) is 11.4 Å². The lowest BCUT2D eigenvalue weighted by molar-refractivity contribution is -0.133. The molecule has 0 radical (unpaired) electrons. The SMILES string of the molecule is O=C(Cc1csc(N2CCCC2=O)n1)Oc1ccc(C(=O)c2ccccc2)cc1. The van der Waals surface area contributed by atoms with Crippen molar-refractivity contribution < 1.29 is 19.1 Å². The Bertz CT molecular complexity index is 1040. The van der Waals surface area contributed by atoms with Gasteiger partial charge < -0.3 is 4.74 Å². The van der Waals surface area contributed by atoms with Crippen molar-refractivity contribution in [1.82, 2.24) is 4.98 Å². The van der Waals surface area contributed by atoms with Gasteiger partial charge in [-0.1, -0.05) is 30.3 Å². The number of aromatic nitrogens is 1. The highest BCUT2D eigenvalue weighted by atomic mass is 32.1. The number of esters is 1. The van der Waals surface area contributed by atoms with Crippen molar-refractivity contribution in [3.63, 3.8) is 0 Å². The molecule has 3 aromatic rings. The first-order chi connectivity index (χ1) is 14.1. The second kappa shape index (κ2) is 8.36. The van der Waals surface area contributed by atoms with Crippen LogP contribution in [0, 0.1) is 0 Å². The van der Waals surface area contributed by atoms with Gasteiger partial charge in [-0.3, -0.25) is 19.3 Å². The summed E-state index contributed by atoms with van der Waals surface area (Å²) >= 11 is 1.35. The molecule has 6 nitrogen and oxygen atoms in total. The van der Waals surface area contributed by atoms with Crippen LogP contribution in [0.5, 0.6) is 5.75 Å². The Kier molecular flexibility index (Phi) is 5.48. The van der Waals surface area contributed by atoms with Crippen LogP contribution in [0.25, 0.3) is 0 Å². The number of thiazole rings is 1. The van der Waals surface area contributed by atoms with Crippen molar-refractivity contribution in [3.8, 4) is 5.75 Å². The van der Waals surface area contributed by atoms with Gasteiger partial charge in [-0.05, 0) is 30.7 Å². The minimum atomic E-state index is -0.447. The Morgan fingerprint density at radius 2 is 1.76 bits per heavy atom. The number of ether oxygens (including phenoxy) is 1. The van der Waals surface area contributed by atoms with E-state index in [2.05, 4.69) is 4.98 Å². The van der Waals surface area contributed by atoms with Crippen molar-refractivity contribution in [2.45, 2.75) is 19.3 Å². The molecule has 1 saturated heterocycles. The maximum Gasteiger partial charge on any atom is 0.317 e. The monoisotopic (exact) mass is 406 g/mol. The first-order valence-corrected chi connectivity index (χ1v) is 10.1. The fourth-order valence-corrected chi connectivity index (χ4v) is 3.97. The van der Waals surface area contributed by atoms with E-state index < -0.39 is 5.97 Å². The number of nitrogens with zero attached hydrogens (tertiary/aromatic N) is 2. The van der Waals surface area contributed by atoms with Gasteiger partial charge in [0.25, 0.3) is 0 Å². The fourth-order valence-electron chi connectivity index (χ4n) is 3.10. The highest BCUT2D eigenvalue weighted by Gasteiger charge is 2.24. The number of ketones is 1. The van der Waals surface area contributed by atoms with E-state index in [1.165, 1.54) is 11.3 Å². The van der Waals surface area contributed by atoms with Gasteiger partial charge in [-0.15, -0.1) is 11.3 Å². The summed E-state index contributed by atoms with van der Waals surface area (Å²) < 4.78 is 5.35. The molecule has 0 N–H and O–H groups in total.